The molecule has 0 aromatic rings. The second-order valence-electron chi connectivity index (χ2n) is 7.58. The summed E-state index contributed by atoms with van der Waals surface area (Å²) < 4.78 is 5.94. The van der Waals surface area contributed by atoms with Crippen molar-refractivity contribution in [3.8, 4) is 0 Å². The third kappa shape index (κ3) is 2.96. The molecule has 2 aliphatic rings. The van der Waals surface area contributed by atoms with Crippen molar-refractivity contribution >= 4 is 5.97 Å². The first kappa shape index (κ1) is 14.8. The Morgan fingerprint density at radius 1 is 1.37 bits per heavy atom. The molecule has 3 heteroatoms. The third-order valence-electron chi connectivity index (χ3n) is 5.12. The zero-order chi connectivity index (χ0) is 14.3. The highest BCUT2D eigenvalue weighted by Crippen LogP contribution is 2.50. The SMILES string of the molecule is CCC(C)(C)C(=O)OC12CCCC(O)(CC(C)C1)C2. The molecule has 0 heterocycles. The predicted molar refractivity (Wildman–Crippen MR) is 74.7 cm³/mol. The molecular formula is C16H28O3. The van der Waals surface area contributed by atoms with E-state index >= 15 is 0 Å². The van der Waals surface area contributed by atoms with Crippen LogP contribution in [0.1, 0.15) is 72.6 Å². The van der Waals surface area contributed by atoms with E-state index in [-0.39, 0.29) is 5.97 Å². The molecule has 2 saturated carbocycles. The Bertz CT molecular complexity index is 363. The summed E-state index contributed by atoms with van der Waals surface area (Å²) in [5, 5.41) is 10.6. The zero-order valence-electron chi connectivity index (χ0n) is 12.8. The van der Waals surface area contributed by atoms with Crippen LogP contribution in [0.15, 0.2) is 0 Å². The zero-order valence-corrected chi connectivity index (χ0v) is 12.8. The van der Waals surface area contributed by atoms with Crippen molar-refractivity contribution in [2.75, 3.05) is 0 Å². The van der Waals surface area contributed by atoms with Gasteiger partial charge in [0.15, 0.2) is 0 Å². The van der Waals surface area contributed by atoms with Crippen LogP contribution in [0.3, 0.4) is 0 Å². The van der Waals surface area contributed by atoms with E-state index in [1.165, 1.54) is 0 Å². The Morgan fingerprint density at radius 3 is 2.68 bits per heavy atom. The lowest BCUT2D eigenvalue weighted by Gasteiger charge is -2.51. The molecule has 19 heavy (non-hydrogen) atoms. The molecule has 0 aliphatic heterocycles. The van der Waals surface area contributed by atoms with E-state index in [9.17, 15) is 9.90 Å². The van der Waals surface area contributed by atoms with Gasteiger partial charge in [0.2, 0.25) is 0 Å². The van der Waals surface area contributed by atoms with Crippen LogP contribution in [0, 0.1) is 11.3 Å². The molecule has 2 bridgehead atoms. The van der Waals surface area contributed by atoms with E-state index in [0.29, 0.717) is 12.3 Å². The van der Waals surface area contributed by atoms with Gasteiger partial charge in [-0.05, 0) is 58.3 Å². The second-order valence-corrected chi connectivity index (χ2v) is 7.58. The van der Waals surface area contributed by atoms with Crippen molar-refractivity contribution in [2.45, 2.75) is 83.8 Å². The Balaban J connectivity index is 2.15. The van der Waals surface area contributed by atoms with Crippen molar-refractivity contribution in [1.82, 2.24) is 0 Å². The molecule has 0 aromatic heterocycles. The van der Waals surface area contributed by atoms with E-state index in [4.69, 9.17) is 4.74 Å². The Morgan fingerprint density at radius 2 is 2.05 bits per heavy atom. The van der Waals surface area contributed by atoms with Crippen LogP contribution in [0.2, 0.25) is 0 Å². The predicted octanol–water partition coefficient (Wildman–Crippen LogP) is 3.44. The van der Waals surface area contributed by atoms with Gasteiger partial charge in [-0.1, -0.05) is 13.8 Å². The largest absolute Gasteiger partial charge is 0.459 e. The number of esters is 1. The standard InChI is InChI=1S/C16H28O3/c1-5-14(3,4)13(17)19-16-8-6-7-15(18,11-16)9-12(2)10-16/h12,18H,5-11H2,1-4H3. The number of aliphatic hydroxyl groups is 1. The van der Waals surface area contributed by atoms with Crippen molar-refractivity contribution < 1.29 is 14.6 Å². The van der Waals surface area contributed by atoms with Gasteiger partial charge in [0.1, 0.15) is 5.60 Å². The second kappa shape index (κ2) is 4.76. The molecule has 0 saturated heterocycles. The molecule has 0 radical (unpaired) electrons. The van der Waals surface area contributed by atoms with Crippen LogP contribution in [0.4, 0.5) is 0 Å². The summed E-state index contributed by atoms with van der Waals surface area (Å²) in [7, 11) is 0. The van der Waals surface area contributed by atoms with Crippen molar-refractivity contribution in [1.29, 1.82) is 0 Å². The number of fused-ring (bicyclic) bond motifs is 2. The van der Waals surface area contributed by atoms with Crippen molar-refractivity contribution in [3.63, 3.8) is 0 Å². The van der Waals surface area contributed by atoms with Gasteiger partial charge in [0.25, 0.3) is 0 Å². The highest BCUT2D eigenvalue weighted by molar-refractivity contribution is 5.76. The monoisotopic (exact) mass is 268 g/mol. The summed E-state index contributed by atoms with van der Waals surface area (Å²) in [4.78, 5) is 12.4. The van der Waals surface area contributed by atoms with Crippen LogP contribution in [-0.2, 0) is 9.53 Å². The number of carbonyl (C=O) groups excluding carboxylic acids is 1. The Hall–Kier alpha value is -0.570. The summed E-state index contributed by atoms with van der Waals surface area (Å²) in [5.74, 6) is 0.324. The van der Waals surface area contributed by atoms with E-state index in [1.807, 2.05) is 20.8 Å². The van der Waals surface area contributed by atoms with Gasteiger partial charge in [0, 0.05) is 6.42 Å². The molecule has 110 valence electrons. The van der Waals surface area contributed by atoms with E-state index in [2.05, 4.69) is 6.92 Å². The van der Waals surface area contributed by atoms with Crippen molar-refractivity contribution in [2.24, 2.45) is 11.3 Å². The molecule has 2 rings (SSSR count). The maximum absolute atomic E-state index is 12.4. The first-order valence-corrected chi connectivity index (χ1v) is 7.66. The maximum atomic E-state index is 12.4. The summed E-state index contributed by atoms with van der Waals surface area (Å²) in [5.41, 5.74) is -1.44. The topological polar surface area (TPSA) is 46.5 Å². The van der Waals surface area contributed by atoms with Gasteiger partial charge in [-0.25, -0.2) is 0 Å². The van der Waals surface area contributed by atoms with Crippen molar-refractivity contribution in [3.05, 3.63) is 0 Å². The first-order chi connectivity index (χ1) is 8.70. The lowest BCUT2D eigenvalue weighted by Crippen LogP contribution is -2.54. The van der Waals surface area contributed by atoms with Gasteiger partial charge in [-0.15, -0.1) is 0 Å². The molecule has 0 spiro atoms. The summed E-state index contributed by atoms with van der Waals surface area (Å²) in [6.45, 7) is 8.04. The molecule has 2 aliphatic carbocycles. The number of ether oxygens (including phenoxy) is 1. The van der Waals surface area contributed by atoms with E-state index in [0.717, 1.165) is 38.5 Å². The molecule has 3 atom stereocenters. The smallest absolute Gasteiger partial charge is 0.312 e. The number of rotatable bonds is 3. The molecule has 0 amide bonds. The fraction of sp³-hybridized carbons (Fsp3) is 0.938. The summed E-state index contributed by atoms with van der Waals surface area (Å²) in [6, 6.07) is 0. The minimum Gasteiger partial charge on any atom is -0.459 e. The van der Waals surface area contributed by atoms with Gasteiger partial charge < -0.3 is 9.84 Å². The highest BCUT2D eigenvalue weighted by Gasteiger charge is 2.52. The third-order valence-corrected chi connectivity index (χ3v) is 5.12. The van der Waals surface area contributed by atoms with Gasteiger partial charge in [-0.3, -0.25) is 4.79 Å². The minimum atomic E-state index is -0.605. The highest BCUT2D eigenvalue weighted by atomic mass is 16.6. The van der Waals surface area contributed by atoms with Crippen LogP contribution in [0.25, 0.3) is 0 Å². The first-order valence-electron chi connectivity index (χ1n) is 7.66. The van der Waals surface area contributed by atoms with Crippen LogP contribution < -0.4 is 0 Å². The number of carbonyl (C=O) groups is 1. The Kier molecular flexibility index (Phi) is 3.72. The summed E-state index contributed by atoms with van der Waals surface area (Å²) in [6.07, 6.45) is 5.89. The molecular weight excluding hydrogens is 240 g/mol. The molecule has 1 N–H and O–H groups in total. The molecule has 0 aromatic carbocycles. The average molecular weight is 268 g/mol. The molecule has 3 nitrogen and oxygen atoms in total. The lowest BCUT2D eigenvalue weighted by atomic mass is 9.63. The maximum Gasteiger partial charge on any atom is 0.312 e. The fourth-order valence-electron chi connectivity index (χ4n) is 3.83. The molecule has 3 unspecified atom stereocenters. The fourth-order valence-corrected chi connectivity index (χ4v) is 3.83. The molecule has 2 fully saturated rings. The van der Waals surface area contributed by atoms with Gasteiger partial charge in [-0.2, -0.15) is 0 Å². The van der Waals surface area contributed by atoms with Crippen LogP contribution in [-0.4, -0.2) is 22.3 Å². The van der Waals surface area contributed by atoms with E-state index < -0.39 is 16.6 Å². The minimum absolute atomic E-state index is 0.103. The quantitative estimate of drug-likeness (QED) is 0.798. The number of hydrogen-bond donors (Lipinski definition) is 1. The van der Waals surface area contributed by atoms with Crippen LogP contribution >= 0.6 is 0 Å². The van der Waals surface area contributed by atoms with Gasteiger partial charge in [0.05, 0.1) is 11.0 Å². The van der Waals surface area contributed by atoms with Gasteiger partial charge >= 0.3 is 5.97 Å². The average Bonchev–Trinajstić information content (AvgIpc) is 2.26. The van der Waals surface area contributed by atoms with Crippen LogP contribution in [0.5, 0.6) is 0 Å². The van der Waals surface area contributed by atoms with E-state index in [1.54, 1.807) is 0 Å². The lowest BCUT2D eigenvalue weighted by molar-refractivity contribution is -0.199. The summed E-state index contributed by atoms with van der Waals surface area (Å²) >= 11 is 0. The normalized spacial score (nSPS) is 38.9. The number of hydrogen-bond acceptors (Lipinski definition) is 3. The Labute approximate surface area is 116 Å².